The lowest BCUT2D eigenvalue weighted by Crippen LogP contribution is -2.09. The van der Waals surface area contributed by atoms with E-state index in [2.05, 4.69) is 54.7 Å². The van der Waals surface area contributed by atoms with E-state index in [-0.39, 0.29) is 6.04 Å². The molecule has 3 aromatic heterocycles. The van der Waals surface area contributed by atoms with Crippen LogP contribution in [-0.4, -0.2) is 25.1 Å². The lowest BCUT2D eigenvalue weighted by atomic mass is 10.1. The number of hydrogen-bond donors (Lipinski definition) is 2. The fourth-order valence-corrected chi connectivity index (χ4v) is 2.98. The number of aromatic nitrogens is 5. The number of pyridine rings is 1. The molecule has 0 aliphatic heterocycles. The number of nitrogens with one attached hydrogen (secondary N) is 2. The summed E-state index contributed by atoms with van der Waals surface area (Å²) in [6.07, 6.45) is 8.04. The average molecular weight is 374 g/mol. The second-order valence-electron chi connectivity index (χ2n) is 6.63. The van der Waals surface area contributed by atoms with Crippen molar-refractivity contribution in [3.63, 3.8) is 0 Å². The Kier molecular flexibility index (Phi) is 5.42. The molecule has 0 saturated heterocycles. The van der Waals surface area contributed by atoms with Crippen LogP contribution in [0.15, 0.2) is 65.6 Å². The van der Waals surface area contributed by atoms with Gasteiger partial charge >= 0.3 is 0 Å². The molecule has 0 fully saturated rings. The van der Waals surface area contributed by atoms with Crippen LogP contribution in [0.2, 0.25) is 0 Å². The molecule has 2 N–H and O–H groups in total. The maximum absolute atomic E-state index is 5.40. The maximum Gasteiger partial charge on any atom is 0.259 e. The average Bonchev–Trinajstić information content (AvgIpc) is 3.42. The number of benzene rings is 1. The van der Waals surface area contributed by atoms with Gasteiger partial charge in [0.2, 0.25) is 0 Å². The van der Waals surface area contributed by atoms with Gasteiger partial charge in [0, 0.05) is 25.0 Å². The van der Waals surface area contributed by atoms with Gasteiger partial charge in [0.05, 0.1) is 11.6 Å². The van der Waals surface area contributed by atoms with E-state index in [0.29, 0.717) is 5.89 Å². The molecule has 0 bridgehead atoms. The number of nitrogens with zero attached hydrogens (tertiary/aromatic N) is 4. The topological polar surface area (TPSA) is 92.5 Å². The van der Waals surface area contributed by atoms with Gasteiger partial charge in [0.1, 0.15) is 11.6 Å². The van der Waals surface area contributed by atoms with Crippen molar-refractivity contribution >= 4 is 5.82 Å². The van der Waals surface area contributed by atoms with Gasteiger partial charge in [-0.05, 0) is 37.5 Å². The van der Waals surface area contributed by atoms with Gasteiger partial charge < -0.3 is 14.8 Å². The Morgan fingerprint density at radius 3 is 2.71 bits per heavy atom. The molecular formula is C21H22N6O. The van der Waals surface area contributed by atoms with Crippen LogP contribution < -0.4 is 5.32 Å². The lowest BCUT2D eigenvalue weighted by Gasteiger charge is -2.11. The monoisotopic (exact) mass is 374 g/mol. The van der Waals surface area contributed by atoms with Crippen LogP contribution in [0.5, 0.6) is 0 Å². The molecule has 4 rings (SSSR count). The fourth-order valence-electron chi connectivity index (χ4n) is 2.98. The van der Waals surface area contributed by atoms with Crippen LogP contribution in [0.25, 0.3) is 11.5 Å². The van der Waals surface area contributed by atoms with E-state index in [9.17, 15) is 0 Å². The summed E-state index contributed by atoms with van der Waals surface area (Å²) in [6, 6.07) is 14.3. The summed E-state index contributed by atoms with van der Waals surface area (Å²) >= 11 is 0. The summed E-state index contributed by atoms with van der Waals surface area (Å²) in [6.45, 7) is 2.02. The molecule has 0 radical (unpaired) electrons. The van der Waals surface area contributed by atoms with Crippen molar-refractivity contribution in [1.82, 2.24) is 25.1 Å². The molecule has 0 aliphatic rings. The molecule has 0 unspecified atom stereocenters. The van der Waals surface area contributed by atoms with Gasteiger partial charge in [-0.3, -0.25) is 0 Å². The van der Waals surface area contributed by atoms with E-state index in [1.165, 1.54) is 5.56 Å². The molecule has 7 heteroatoms. The summed E-state index contributed by atoms with van der Waals surface area (Å²) < 4.78 is 5.40. The van der Waals surface area contributed by atoms with E-state index < -0.39 is 0 Å². The summed E-state index contributed by atoms with van der Waals surface area (Å²) in [4.78, 5) is 16.3. The van der Waals surface area contributed by atoms with Gasteiger partial charge in [0.15, 0.2) is 5.82 Å². The predicted molar refractivity (Wildman–Crippen MR) is 107 cm³/mol. The van der Waals surface area contributed by atoms with Gasteiger partial charge in [-0.15, -0.1) is 0 Å². The summed E-state index contributed by atoms with van der Waals surface area (Å²) in [5.41, 5.74) is 2.13. The van der Waals surface area contributed by atoms with E-state index >= 15 is 0 Å². The Balaban J connectivity index is 1.33. The Hall–Kier alpha value is -3.48. The van der Waals surface area contributed by atoms with Crippen LogP contribution in [0.3, 0.4) is 0 Å². The number of H-pyrrole nitrogens is 1. The van der Waals surface area contributed by atoms with Gasteiger partial charge in [-0.2, -0.15) is 4.98 Å². The normalized spacial score (nSPS) is 12.0. The third-order valence-corrected chi connectivity index (χ3v) is 4.48. The minimum atomic E-state index is 0.0352. The van der Waals surface area contributed by atoms with Crippen molar-refractivity contribution in [2.45, 2.75) is 32.2 Å². The second kappa shape index (κ2) is 8.47. The molecule has 0 saturated carbocycles. The summed E-state index contributed by atoms with van der Waals surface area (Å²) in [5.74, 6) is 2.84. The number of imidazole rings is 1. The molecule has 7 nitrogen and oxygen atoms in total. The number of anilines is 1. The third kappa shape index (κ3) is 4.43. The second-order valence-corrected chi connectivity index (χ2v) is 6.63. The first-order valence-electron chi connectivity index (χ1n) is 9.36. The molecule has 1 aromatic carbocycles. The quantitative estimate of drug-likeness (QED) is 0.480. The number of aryl methyl sites for hydroxylation is 2. The Bertz CT molecular complexity index is 979. The van der Waals surface area contributed by atoms with E-state index in [0.717, 1.165) is 42.3 Å². The zero-order valence-electron chi connectivity index (χ0n) is 15.7. The molecule has 1 atom stereocenters. The molecule has 0 amide bonds. The van der Waals surface area contributed by atoms with Gasteiger partial charge in [-0.25, -0.2) is 9.97 Å². The van der Waals surface area contributed by atoms with Crippen molar-refractivity contribution in [1.29, 1.82) is 0 Å². The highest BCUT2D eigenvalue weighted by atomic mass is 16.5. The summed E-state index contributed by atoms with van der Waals surface area (Å²) in [5, 5.41) is 7.39. The first-order valence-corrected chi connectivity index (χ1v) is 9.36. The third-order valence-electron chi connectivity index (χ3n) is 4.48. The van der Waals surface area contributed by atoms with Crippen LogP contribution in [0.4, 0.5) is 5.82 Å². The van der Waals surface area contributed by atoms with Gasteiger partial charge in [0.25, 0.3) is 5.89 Å². The molecule has 28 heavy (non-hydrogen) atoms. The van der Waals surface area contributed by atoms with Crippen LogP contribution in [0, 0.1) is 0 Å². The highest BCUT2D eigenvalue weighted by Gasteiger charge is 2.11. The van der Waals surface area contributed by atoms with Crippen molar-refractivity contribution in [3.8, 4) is 11.5 Å². The Morgan fingerprint density at radius 2 is 1.96 bits per heavy atom. The molecular weight excluding hydrogens is 352 g/mol. The van der Waals surface area contributed by atoms with Crippen molar-refractivity contribution in [2.75, 3.05) is 5.32 Å². The summed E-state index contributed by atoms with van der Waals surface area (Å²) in [7, 11) is 0. The maximum atomic E-state index is 5.40. The molecule has 3 heterocycles. The van der Waals surface area contributed by atoms with E-state index in [1.54, 1.807) is 18.6 Å². The van der Waals surface area contributed by atoms with Crippen LogP contribution >= 0.6 is 0 Å². The smallest absolute Gasteiger partial charge is 0.259 e. The first kappa shape index (κ1) is 17.9. The Labute approximate surface area is 163 Å². The standard InChI is InChI=1S/C21H22N6O/c1-15(20-22-12-13-23-20)25-18-11-10-17(14-24-18)21-26-19(27-28-21)9-5-8-16-6-3-2-4-7-16/h2-4,6-7,10-15H,5,8-9H2,1H3,(H,22,23)(H,24,25)/t15-/m0/s1. The number of hydrogen-bond acceptors (Lipinski definition) is 6. The molecule has 4 aromatic rings. The van der Waals surface area contributed by atoms with Gasteiger partial charge in [-0.1, -0.05) is 35.5 Å². The molecule has 0 aliphatic carbocycles. The molecule has 142 valence electrons. The molecule has 0 spiro atoms. The highest BCUT2D eigenvalue weighted by molar-refractivity contribution is 5.54. The van der Waals surface area contributed by atoms with E-state index in [1.807, 2.05) is 25.1 Å². The van der Waals surface area contributed by atoms with Crippen LogP contribution in [-0.2, 0) is 12.8 Å². The van der Waals surface area contributed by atoms with Crippen molar-refractivity contribution < 1.29 is 4.52 Å². The minimum absolute atomic E-state index is 0.0352. The number of aromatic amines is 1. The number of rotatable bonds is 8. The van der Waals surface area contributed by atoms with Crippen molar-refractivity contribution in [3.05, 3.63) is 78.3 Å². The minimum Gasteiger partial charge on any atom is -0.360 e. The predicted octanol–water partition coefficient (Wildman–Crippen LogP) is 4.20. The SMILES string of the molecule is C[C@H](Nc1ccc(-c2nc(CCCc3ccccc3)no2)cn1)c1ncc[nH]1. The van der Waals surface area contributed by atoms with Crippen LogP contribution in [0.1, 0.15) is 36.6 Å². The zero-order chi connectivity index (χ0) is 19.2. The van der Waals surface area contributed by atoms with E-state index in [4.69, 9.17) is 4.52 Å². The highest BCUT2D eigenvalue weighted by Crippen LogP contribution is 2.20. The Morgan fingerprint density at radius 1 is 1.07 bits per heavy atom. The fraction of sp³-hybridized carbons (Fsp3) is 0.238. The largest absolute Gasteiger partial charge is 0.360 e. The lowest BCUT2D eigenvalue weighted by molar-refractivity contribution is 0.421. The van der Waals surface area contributed by atoms with Crippen molar-refractivity contribution in [2.24, 2.45) is 0 Å². The zero-order valence-corrected chi connectivity index (χ0v) is 15.7. The first-order chi connectivity index (χ1) is 13.8.